The lowest BCUT2D eigenvalue weighted by atomic mass is 10.1. The van der Waals surface area contributed by atoms with Crippen LogP contribution in [0, 0.1) is 0 Å². The number of benzene rings is 1. The first-order valence-electron chi connectivity index (χ1n) is 8.63. The Morgan fingerprint density at radius 2 is 2.04 bits per heavy atom. The number of nitrogens with zero attached hydrogens (tertiary/aromatic N) is 4. The number of hydrogen-bond acceptors (Lipinski definition) is 5. The van der Waals surface area contributed by atoms with E-state index in [0.717, 1.165) is 29.8 Å². The molecular weight excluding hydrogens is 328 g/mol. The minimum atomic E-state index is -0.109. The number of rotatable bonds is 8. The van der Waals surface area contributed by atoms with Gasteiger partial charge < -0.3 is 10.6 Å². The van der Waals surface area contributed by atoms with Crippen molar-refractivity contribution in [3.8, 4) is 0 Å². The Kier molecular flexibility index (Phi) is 5.92. The summed E-state index contributed by atoms with van der Waals surface area (Å²) in [6.45, 7) is 3.62. The van der Waals surface area contributed by atoms with Gasteiger partial charge in [0.05, 0.1) is 18.1 Å². The summed E-state index contributed by atoms with van der Waals surface area (Å²) in [4.78, 5) is 20.1. The number of amides is 1. The number of anilines is 1. The SMILES string of the molecule is C/C=C/C(=O)NCCn1ncc2c(NCCc3ccccc3)ncnc21. The van der Waals surface area contributed by atoms with Crippen LogP contribution in [0.1, 0.15) is 12.5 Å². The first kappa shape index (κ1) is 17.6. The van der Waals surface area contributed by atoms with Crippen LogP contribution in [0.2, 0.25) is 0 Å². The van der Waals surface area contributed by atoms with E-state index in [9.17, 15) is 4.79 Å². The van der Waals surface area contributed by atoms with Crippen molar-refractivity contribution in [3.63, 3.8) is 0 Å². The van der Waals surface area contributed by atoms with E-state index in [1.54, 1.807) is 17.0 Å². The van der Waals surface area contributed by atoms with Crippen LogP contribution in [0.25, 0.3) is 11.0 Å². The highest BCUT2D eigenvalue weighted by molar-refractivity contribution is 5.87. The van der Waals surface area contributed by atoms with E-state index in [2.05, 4.69) is 37.8 Å². The van der Waals surface area contributed by atoms with Crippen molar-refractivity contribution in [2.45, 2.75) is 19.9 Å². The maximum Gasteiger partial charge on any atom is 0.243 e. The molecule has 0 aliphatic carbocycles. The van der Waals surface area contributed by atoms with E-state index < -0.39 is 0 Å². The number of allylic oxidation sites excluding steroid dienone is 1. The van der Waals surface area contributed by atoms with Gasteiger partial charge in [-0.1, -0.05) is 36.4 Å². The van der Waals surface area contributed by atoms with E-state index in [4.69, 9.17) is 0 Å². The molecule has 0 spiro atoms. The van der Waals surface area contributed by atoms with Crippen LogP contribution in [0.15, 0.2) is 55.0 Å². The second kappa shape index (κ2) is 8.75. The monoisotopic (exact) mass is 350 g/mol. The molecule has 3 aromatic rings. The van der Waals surface area contributed by atoms with Gasteiger partial charge in [-0.3, -0.25) is 4.79 Å². The second-order valence-electron chi connectivity index (χ2n) is 5.78. The smallest absolute Gasteiger partial charge is 0.243 e. The van der Waals surface area contributed by atoms with E-state index in [0.29, 0.717) is 13.1 Å². The molecule has 134 valence electrons. The third-order valence-electron chi connectivity index (χ3n) is 3.92. The second-order valence-corrected chi connectivity index (χ2v) is 5.78. The molecule has 7 nitrogen and oxygen atoms in total. The fourth-order valence-corrected chi connectivity index (χ4v) is 2.66. The molecule has 0 atom stereocenters. The maximum atomic E-state index is 11.5. The van der Waals surface area contributed by atoms with E-state index >= 15 is 0 Å². The Balaban J connectivity index is 1.61. The highest BCUT2D eigenvalue weighted by atomic mass is 16.1. The molecule has 1 aromatic carbocycles. The van der Waals surface area contributed by atoms with Gasteiger partial charge >= 0.3 is 0 Å². The zero-order valence-electron chi connectivity index (χ0n) is 14.7. The molecule has 2 N–H and O–H groups in total. The van der Waals surface area contributed by atoms with Gasteiger partial charge in [-0.15, -0.1) is 0 Å². The number of aromatic nitrogens is 4. The summed E-state index contributed by atoms with van der Waals surface area (Å²) in [7, 11) is 0. The molecule has 26 heavy (non-hydrogen) atoms. The van der Waals surface area contributed by atoms with Crippen LogP contribution in [-0.2, 0) is 17.8 Å². The summed E-state index contributed by atoms with van der Waals surface area (Å²) in [5.74, 6) is 0.664. The third kappa shape index (κ3) is 4.44. The van der Waals surface area contributed by atoms with Crippen LogP contribution in [0.3, 0.4) is 0 Å². The molecule has 7 heteroatoms. The maximum absolute atomic E-state index is 11.5. The quantitative estimate of drug-likeness (QED) is 0.608. The largest absolute Gasteiger partial charge is 0.369 e. The van der Waals surface area contributed by atoms with Gasteiger partial charge in [-0.05, 0) is 25.0 Å². The van der Waals surface area contributed by atoms with Gasteiger partial charge in [0.1, 0.15) is 12.1 Å². The molecule has 0 unspecified atom stereocenters. The lowest BCUT2D eigenvalue weighted by Crippen LogP contribution is -2.25. The minimum Gasteiger partial charge on any atom is -0.369 e. The zero-order valence-corrected chi connectivity index (χ0v) is 14.7. The fraction of sp³-hybridized carbons (Fsp3) is 0.263. The number of nitrogens with one attached hydrogen (secondary N) is 2. The molecular formula is C19H22N6O. The molecule has 0 saturated carbocycles. The van der Waals surface area contributed by atoms with Crippen LogP contribution < -0.4 is 10.6 Å². The summed E-state index contributed by atoms with van der Waals surface area (Å²) in [6.07, 6.45) is 7.41. The van der Waals surface area contributed by atoms with Crippen molar-refractivity contribution in [2.75, 3.05) is 18.4 Å². The summed E-state index contributed by atoms with van der Waals surface area (Å²) in [6, 6.07) is 10.3. The molecule has 1 amide bonds. The Hall–Kier alpha value is -3.22. The van der Waals surface area contributed by atoms with Crippen LogP contribution >= 0.6 is 0 Å². The molecule has 0 saturated heterocycles. The molecule has 0 bridgehead atoms. The molecule has 0 aliphatic rings. The highest BCUT2D eigenvalue weighted by Crippen LogP contribution is 2.18. The zero-order chi connectivity index (χ0) is 18.2. The van der Waals surface area contributed by atoms with Gasteiger partial charge in [0.15, 0.2) is 5.65 Å². The summed E-state index contributed by atoms with van der Waals surface area (Å²) < 4.78 is 1.77. The van der Waals surface area contributed by atoms with E-state index in [1.807, 2.05) is 25.1 Å². The normalized spacial score (nSPS) is 11.1. The lowest BCUT2D eigenvalue weighted by molar-refractivity contribution is -0.116. The van der Waals surface area contributed by atoms with Crippen molar-refractivity contribution >= 4 is 22.8 Å². The third-order valence-corrected chi connectivity index (χ3v) is 3.92. The molecule has 0 fully saturated rings. The van der Waals surface area contributed by atoms with E-state index in [-0.39, 0.29) is 5.91 Å². The number of carbonyl (C=O) groups excluding carboxylic acids is 1. The Labute approximate surface area is 152 Å². The van der Waals surface area contributed by atoms with Gasteiger partial charge in [-0.2, -0.15) is 5.10 Å². The van der Waals surface area contributed by atoms with Gasteiger partial charge in [-0.25, -0.2) is 14.6 Å². The Morgan fingerprint density at radius 1 is 1.19 bits per heavy atom. The van der Waals surface area contributed by atoms with Crippen molar-refractivity contribution in [3.05, 3.63) is 60.6 Å². The highest BCUT2D eigenvalue weighted by Gasteiger charge is 2.09. The molecule has 3 rings (SSSR count). The first-order valence-corrected chi connectivity index (χ1v) is 8.63. The van der Waals surface area contributed by atoms with Crippen molar-refractivity contribution in [2.24, 2.45) is 0 Å². The fourth-order valence-electron chi connectivity index (χ4n) is 2.66. The first-order chi connectivity index (χ1) is 12.8. The predicted octanol–water partition coefficient (Wildman–Crippen LogP) is 2.17. The summed E-state index contributed by atoms with van der Waals surface area (Å²) in [5, 5.41) is 11.4. The van der Waals surface area contributed by atoms with Gasteiger partial charge in [0.2, 0.25) is 5.91 Å². The average Bonchev–Trinajstić information content (AvgIpc) is 3.07. The topological polar surface area (TPSA) is 84.7 Å². The predicted molar refractivity (Wildman–Crippen MR) is 102 cm³/mol. The van der Waals surface area contributed by atoms with Crippen LogP contribution in [0.4, 0.5) is 5.82 Å². The Bertz CT molecular complexity index is 887. The molecule has 0 aliphatic heterocycles. The van der Waals surface area contributed by atoms with Gasteiger partial charge in [0, 0.05) is 13.1 Å². The van der Waals surface area contributed by atoms with Crippen molar-refractivity contribution < 1.29 is 4.79 Å². The standard InChI is InChI=1S/C19H22N6O/c1-2-6-17(26)20-11-12-25-19-16(13-24-25)18(22-14-23-19)21-10-9-15-7-4-3-5-8-15/h2-8,13-14H,9-12H2,1H3,(H,20,26)(H,21,22,23)/b6-2+. The number of carbonyl (C=O) groups is 1. The van der Waals surface area contributed by atoms with Crippen LogP contribution in [0.5, 0.6) is 0 Å². The number of fused-ring (bicyclic) bond motifs is 1. The summed E-state index contributed by atoms with van der Waals surface area (Å²) >= 11 is 0. The van der Waals surface area contributed by atoms with E-state index in [1.165, 1.54) is 18.0 Å². The molecule has 0 radical (unpaired) electrons. The molecule has 2 aromatic heterocycles. The minimum absolute atomic E-state index is 0.109. The summed E-state index contributed by atoms with van der Waals surface area (Å²) in [5.41, 5.74) is 2.03. The Morgan fingerprint density at radius 3 is 2.85 bits per heavy atom. The van der Waals surface area contributed by atoms with Gasteiger partial charge in [0.25, 0.3) is 0 Å². The average molecular weight is 350 g/mol. The van der Waals surface area contributed by atoms with Crippen molar-refractivity contribution in [1.29, 1.82) is 0 Å². The molecule has 2 heterocycles. The number of hydrogen-bond donors (Lipinski definition) is 2. The van der Waals surface area contributed by atoms with Crippen LogP contribution in [-0.4, -0.2) is 38.7 Å². The lowest BCUT2D eigenvalue weighted by Gasteiger charge is -2.07. The van der Waals surface area contributed by atoms with Crippen molar-refractivity contribution in [1.82, 2.24) is 25.1 Å².